The summed E-state index contributed by atoms with van der Waals surface area (Å²) in [5.74, 6) is 0.990. The number of nitrogen functional groups attached to an aromatic ring is 1. The smallest absolute Gasteiger partial charge is 0.240 e. The molecular formula is C13H21N3O2. The number of hydrogen-bond donors (Lipinski definition) is 1. The molecule has 1 fully saturated rings. The van der Waals surface area contributed by atoms with Crippen molar-refractivity contribution < 1.29 is 9.47 Å². The molecule has 1 aliphatic heterocycles. The van der Waals surface area contributed by atoms with E-state index in [1.165, 1.54) is 19.3 Å². The van der Waals surface area contributed by atoms with Crippen molar-refractivity contribution >= 4 is 5.69 Å². The Morgan fingerprint density at radius 2 is 2.28 bits per heavy atom. The van der Waals surface area contributed by atoms with Crippen LogP contribution < -0.4 is 15.2 Å². The second-order valence-corrected chi connectivity index (χ2v) is 4.69. The van der Waals surface area contributed by atoms with Crippen LogP contribution in [0.3, 0.4) is 0 Å². The maximum atomic E-state index is 5.84. The Bertz CT molecular complexity index is 398. The molecule has 0 radical (unpaired) electrons. The summed E-state index contributed by atoms with van der Waals surface area (Å²) in [4.78, 5) is 6.55. The zero-order valence-corrected chi connectivity index (χ0v) is 11.1. The van der Waals surface area contributed by atoms with E-state index in [2.05, 4.69) is 16.9 Å². The normalized spacial score (nSPS) is 20.7. The fourth-order valence-electron chi connectivity index (χ4n) is 2.19. The molecule has 0 saturated carbocycles. The van der Waals surface area contributed by atoms with Gasteiger partial charge >= 0.3 is 0 Å². The first-order chi connectivity index (χ1) is 8.70. The van der Waals surface area contributed by atoms with E-state index >= 15 is 0 Å². The third kappa shape index (κ3) is 3.04. The number of methoxy groups -OCH3 is 1. The first-order valence-electron chi connectivity index (χ1n) is 6.34. The summed E-state index contributed by atoms with van der Waals surface area (Å²) in [5.41, 5.74) is 6.39. The van der Waals surface area contributed by atoms with E-state index in [1.54, 1.807) is 19.2 Å². The molecular weight excluding hydrogens is 230 g/mol. The van der Waals surface area contributed by atoms with Gasteiger partial charge in [-0.25, -0.2) is 0 Å². The highest BCUT2D eigenvalue weighted by atomic mass is 16.5. The quantitative estimate of drug-likeness (QED) is 0.879. The molecule has 18 heavy (non-hydrogen) atoms. The second-order valence-electron chi connectivity index (χ2n) is 4.69. The molecule has 100 valence electrons. The summed E-state index contributed by atoms with van der Waals surface area (Å²) >= 11 is 0. The van der Waals surface area contributed by atoms with Crippen LogP contribution in [0.1, 0.15) is 19.3 Å². The molecule has 1 unspecified atom stereocenters. The van der Waals surface area contributed by atoms with Gasteiger partial charge in [0.2, 0.25) is 11.8 Å². The number of aromatic nitrogens is 1. The molecule has 1 saturated heterocycles. The molecule has 5 nitrogen and oxygen atoms in total. The van der Waals surface area contributed by atoms with E-state index in [0.29, 0.717) is 30.1 Å². The number of rotatable bonds is 4. The third-order valence-corrected chi connectivity index (χ3v) is 3.41. The molecule has 2 N–H and O–H groups in total. The maximum Gasteiger partial charge on any atom is 0.240 e. The van der Waals surface area contributed by atoms with Gasteiger partial charge < -0.3 is 20.1 Å². The second kappa shape index (κ2) is 5.91. The highest BCUT2D eigenvalue weighted by molar-refractivity contribution is 5.49. The van der Waals surface area contributed by atoms with Crippen LogP contribution >= 0.6 is 0 Å². The standard InChI is InChI=1S/C13H21N3O2/c1-16-8-4-3-5-10(16)9-18-13-11(14)6-7-12(15-13)17-2/h6-7,10H,3-5,8-9,14H2,1-2H3. The lowest BCUT2D eigenvalue weighted by Gasteiger charge is -2.32. The minimum Gasteiger partial charge on any atom is -0.481 e. The molecule has 0 aromatic carbocycles. The Morgan fingerprint density at radius 3 is 3.00 bits per heavy atom. The Morgan fingerprint density at radius 1 is 1.44 bits per heavy atom. The lowest BCUT2D eigenvalue weighted by atomic mass is 10.0. The Labute approximate surface area is 108 Å². The molecule has 2 heterocycles. The summed E-state index contributed by atoms with van der Waals surface area (Å²) < 4.78 is 10.8. The number of anilines is 1. The van der Waals surface area contributed by atoms with Gasteiger partial charge in [-0.15, -0.1) is 0 Å². The fourth-order valence-corrected chi connectivity index (χ4v) is 2.19. The molecule has 0 aliphatic carbocycles. The van der Waals surface area contributed by atoms with Crippen LogP contribution in [0.5, 0.6) is 11.8 Å². The third-order valence-electron chi connectivity index (χ3n) is 3.41. The summed E-state index contributed by atoms with van der Waals surface area (Å²) in [6, 6.07) is 3.94. The van der Waals surface area contributed by atoms with E-state index < -0.39 is 0 Å². The predicted octanol–water partition coefficient (Wildman–Crippen LogP) is 1.54. The number of pyridine rings is 1. The van der Waals surface area contributed by atoms with Crippen LogP contribution in [-0.4, -0.2) is 43.2 Å². The zero-order chi connectivity index (χ0) is 13.0. The van der Waals surface area contributed by atoms with Gasteiger partial charge in [0, 0.05) is 12.1 Å². The van der Waals surface area contributed by atoms with Gasteiger partial charge in [-0.2, -0.15) is 4.98 Å². The lowest BCUT2D eigenvalue weighted by molar-refractivity contribution is 0.122. The van der Waals surface area contributed by atoms with Gasteiger partial charge in [-0.3, -0.25) is 0 Å². The fraction of sp³-hybridized carbons (Fsp3) is 0.615. The van der Waals surface area contributed by atoms with Gasteiger partial charge in [-0.1, -0.05) is 6.42 Å². The van der Waals surface area contributed by atoms with Crippen molar-refractivity contribution in [1.82, 2.24) is 9.88 Å². The first-order valence-corrected chi connectivity index (χ1v) is 6.34. The molecule has 2 rings (SSSR count). The average molecular weight is 251 g/mol. The number of hydrogen-bond acceptors (Lipinski definition) is 5. The molecule has 1 aromatic rings. The molecule has 1 aromatic heterocycles. The van der Waals surface area contributed by atoms with Crippen LogP contribution in [0, 0.1) is 0 Å². The average Bonchev–Trinajstić information content (AvgIpc) is 2.39. The summed E-state index contributed by atoms with van der Waals surface area (Å²) in [7, 11) is 3.72. The number of nitrogens with zero attached hydrogens (tertiary/aromatic N) is 2. The number of likely N-dealkylation sites (N-methyl/N-ethyl adjacent to an activating group) is 1. The predicted molar refractivity (Wildman–Crippen MR) is 71.0 cm³/mol. The van der Waals surface area contributed by atoms with Gasteiger partial charge in [0.1, 0.15) is 6.61 Å². The lowest BCUT2D eigenvalue weighted by Crippen LogP contribution is -2.40. The largest absolute Gasteiger partial charge is 0.481 e. The number of likely N-dealkylation sites (tertiary alicyclic amines) is 1. The van der Waals surface area contributed by atoms with Gasteiger partial charge in [0.05, 0.1) is 12.8 Å². The van der Waals surface area contributed by atoms with E-state index in [4.69, 9.17) is 15.2 Å². The molecule has 0 bridgehead atoms. The van der Waals surface area contributed by atoms with Crippen LogP contribution in [-0.2, 0) is 0 Å². The molecule has 0 spiro atoms. The van der Waals surface area contributed by atoms with Crippen molar-refractivity contribution in [3.8, 4) is 11.8 Å². The topological polar surface area (TPSA) is 60.6 Å². The van der Waals surface area contributed by atoms with E-state index in [9.17, 15) is 0 Å². The van der Waals surface area contributed by atoms with Crippen LogP contribution in [0.25, 0.3) is 0 Å². The van der Waals surface area contributed by atoms with Gasteiger partial charge in [0.25, 0.3) is 0 Å². The van der Waals surface area contributed by atoms with E-state index in [0.717, 1.165) is 6.54 Å². The highest BCUT2D eigenvalue weighted by Gasteiger charge is 2.20. The Hall–Kier alpha value is -1.49. The summed E-state index contributed by atoms with van der Waals surface area (Å²) in [6.07, 6.45) is 3.70. The Kier molecular flexibility index (Phi) is 4.25. The molecule has 1 atom stereocenters. The van der Waals surface area contributed by atoms with Crippen molar-refractivity contribution in [2.24, 2.45) is 0 Å². The van der Waals surface area contributed by atoms with E-state index in [-0.39, 0.29) is 0 Å². The monoisotopic (exact) mass is 251 g/mol. The van der Waals surface area contributed by atoms with Crippen molar-refractivity contribution in [3.63, 3.8) is 0 Å². The minimum absolute atomic E-state index is 0.450. The van der Waals surface area contributed by atoms with Crippen LogP contribution in [0.2, 0.25) is 0 Å². The summed E-state index contributed by atoms with van der Waals surface area (Å²) in [6.45, 7) is 1.76. The van der Waals surface area contributed by atoms with Gasteiger partial charge in [-0.05, 0) is 32.5 Å². The molecule has 0 amide bonds. The maximum absolute atomic E-state index is 5.84. The van der Waals surface area contributed by atoms with Crippen LogP contribution in [0.15, 0.2) is 12.1 Å². The van der Waals surface area contributed by atoms with Crippen LogP contribution in [0.4, 0.5) is 5.69 Å². The Balaban J connectivity index is 1.96. The molecule has 1 aliphatic rings. The number of ether oxygens (including phenoxy) is 2. The van der Waals surface area contributed by atoms with Gasteiger partial charge in [0.15, 0.2) is 0 Å². The van der Waals surface area contributed by atoms with E-state index in [1.807, 2.05) is 0 Å². The van der Waals surface area contributed by atoms with Crippen molar-refractivity contribution in [1.29, 1.82) is 0 Å². The van der Waals surface area contributed by atoms with Crippen molar-refractivity contribution in [2.75, 3.05) is 33.0 Å². The number of piperidine rings is 1. The molecule has 5 heteroatoms. The SMILES string of the molecule is COc1ccc(N)c(OCC2CCCCN2C)n1. The highest BCUT2D eigenvalue weighted by Crippen LogP contribution is 2.23. The summed E-state index contributed by atoms with van der Waals surface area (Å²) in [5, 5.41) is 0. The van der Waals surface area contributed by atoms with Crippen molar-refractivity contribution in [2.45, 2.75) is 25.3 Å². The minimum atomic E-state index is 0.450. The zero-order valence-electron chi connectivity index (χ0n) is 11.1. The first kappa shape index (κ1) is 13.0. The van der Waals surface area contributed by atoms with Crippen molar-refractivity contribution in [3.05, 3.63) is 12.1 Å². The number of nitrogens with two attached hydrogens (primary N) is 1.